The van der Waals surface area contributed by atoms with E-state index in [0.717, 1.165) is 25.7 Å². The van der Waals surface area contributed by atoms with E-state index in [-0.39, 0.29) is 11.7 Å². The van der Waals surface area contributed by atoms with Crippen LogP contribution in [0.4, 0.5) is 0 Å². The Bertz CT molecular complexity index is 379. The van der Waals surface area contributed by atoms with Crippen LogP contribution in [-0.2, 0) is 9.68 Å². The quantitative estimate of drug-likeness (QED) is 0.759. The fourth-order valence-electron chi connectivity index (χ4n) is 2.09. The van der Waals surface area contributed by atoms with E-state index in [1.165, 1.54) is 37.3 Å². The molecular formula is C12H17N3O3. The van der Waals surface area contributed by atoms with Crippen LogP contribution in [0.25, 0.3) is 0 Å². The number of carbonyl (C=O) groups is 1. The van der Waals surface area contributed by atoms with Crippen molar-refractivity contribution in [1.82, 2.24) is 15.2 Å². The highest BCUT2D eigenvalue weighted by atomic mass is 17.0. The lowest BCUT2D eigenvalue weighted by atomic mass is 9.96. The Hall–Kier alpha value is -1.53. The minimum absolute atomic E-state index is 0.134. The topological polar surface area (TPSA) is 64.6 Å². The monoisotopic (exact) mass is 251 g/mol. The third-order valence-electron chi connectivity index (χ3n) is 3.02. The second-order valence-electron chi connectivity index (χ2n) is 4.23. The van der Waals surface area contributed by atoms with Crippen molar-refractivity contribution in [1.29, 1.82) is 0 Å². The maximum Gasteiger partial charge on any atom is 0.377 e. The van der Waals surface area contributed by atoms with E-state index in [1.54, 1.807) is 0 Å². The summed E-state index contributed by atoms with van der Waals surface area (Å²) in [6.07, 6.45) is 8.27. The maximum atomic E-state index is 11.8. The molecule has 0 bridgehead atoms. The van der Waals surface area contributed by atoms with Crippen molar-refractivity contribution in [2.75, 3.05) is 7.11 Å². The van der Waals surface area contributed by atoms with E-state index in [0.29, 0.717) is 0 Å². The molecule has 0 aliphatic heterocycles. The molecule has 2 rings (SSSR count). The minimum Gasteiger partial charge on any atom is -0.336 e. The summed E-state index contributed by atoms with van der Waals surface area (Å²) in [5, 5.41) is 1.30. The third kappa shape index (κ3) is 3.24. The first-order chi connectivity index (χ1) is 8.81. The fraction of sp³-hybridized carbons (Fsp3) is 0.583. The average molecular weight is 251 g/mol. The molecule has 0 saturated heterocycles. The molecule has 0 spiro atoms. The lowest BCUT2D eigenvalue weighted by Crippen LogP contribution is -2.37. The third-order valence-corrected chi connectivity index (χ3v) is 3.02. The van der Waals surface area contributed by atoms with Gasteiger partial charge in [0.1, 0.15) is 6.33 Å². The molecule has 0 amide bonds. The van der Waals surface area contributed by atoms with Crippen molar-refractivity contribution >= 4 is 5.97 Å². The van der Waals surface area contributed by atoms with Crippen LogP contribution in [0.2, 0.25) is 0 Å². The number of hydrogen-bond donors (Lipinski definition) is 0. The summed E-state index contributed by atoms with van der Waals surface area (Å²) < 4.78 is 0. The van der Waals surface area contributed by atoms with Gasteiger partial charge in [0.05, 0.1) is 13.2 Å². The summed E-state index contributed by atoms with van der Waals surface area (Å²) in [6, 6.07) is 1.64. The summed E-state index contributed by atoms with van der Waals surface area (Å²) in [5.74, 6) is -0.523. The molecule has 0 radical (unpaired) electrons. The van der Waals surface area contributed by atoms with Crippen molar-refractivity contribution in [2.24, 2.45) is 0 Å². The molecule has 1 aliphatic rings. The van der Waals surface area contributed by atoms with E-state index in [2.05, 4.69) is 9.97 Å². The summed E-state index contributed by atoms with van der Waals surface area (Å²) >= 11 is 0. The Morgan fingerprint density at radius 2 is 2.17 bits per heavy atom. The van der Waals surface area contributed by atoms with Crippen LogP contribution in [0.5, 0.6) is 0 Å². The smallest absolute Gasteiger partial charge is 0.336 e. The first-order valence-corrected chi connectivity index (χ1v) is 6.13. The Morgan fingerprint density at radius 1 is 1.39 bits per heavy atom. The second kappa shape index (κ2) is 6.42. The molecule has 1 aromatic heterocycles. The zero-order chi connectivity index (χ0) is 12.8. The highest BCUT2D eigenvalue weighted by molar-refractivity contribution is 5.86. The van der Waals surface area contributed by atoms with Crippen LogP contribution in [0.15, 0.2) is 18.6 Å². The molecule has 1 aromatic rings. The number of hydroxylamine groups is 2. The van der Waals surface area contributed by atoms with Gasteiger partial charge in [0.15, 0.2) is 5.69 Å². The van der Waals surface area contributed by atoms with Crippen LogP contribution in [0, 0.1) is 0 Å². The molecule has 1 saturated carbocycles. The molecule has 0 N–H and O–H groups in total. The standard InChI is InChI=1S/C12H17N3O3/c1-17-15(10-5-3-2-4-6-10)18-12(16)11-7-8-13-9-14-11/h7-10H,2-6H2,1H3. The average Bonchev–Trinajstić information content (AvgIpc) is 2.46. The molecule has 0 atom stereocenters. The van der Waals surface area contributed by atoms with Gasteiger partial charge in [-0.3, -0.25) is 4.84 Å². The molecule has 0 unspecified atom stereocenters. The summed E-state index contributed by atoms with van der Waals surface area (Å²) in [6.45, 7) is 0. The van der Waals surface area contributed by atoms with E-state index in [9.17, 15) is 4.79 Å². The van der Waals surface area contributed by atoms with E-state index in [4.69, 9.17) is 9.68 Å². The van der Waals surface area contributed by atoms with Gasteiger partial charge in [0.2, 0.25) is 0 Å². The van der Waals surface area contributed by atoms with Crippen molar-refractivity contribution in [3.8, 4) is 0 Å². The Kier molecular flexibility index (Phi) is 4.60. The van der Waals surface area contributed by atoms with Crippen molar-refractivity contribution in [3.63, 3.8) is 0 Å². The Morgan fingerprint density at radius 3 is 2.78 bits per heavy atom. The molecule has 18 heavy (non-hydrogen) atoms. The zero-order valence-electron chi connectivity index (χ0n) is 10.4. The fourth-order valence-corrected chi connectivity index (χ4v) is 2.09. The van der Waals surface area contributed by atoms with E-state index < -0.39 is 5.97 Å². The van der Waals surface area contributed by atoms with Crippen LogP contribution >= 0.6 is 0 Å². The molecule has 6 nitrogen and oxygen atoms in total. The van der Waals surface area contributed by atoms with Crippen LogP contribution < -0.4 is 0 Å². The van der Waals surface area contributed by atoms with Gasteiger partial charge in [-0.15, -0.1) is 0 Å². The van der Waals surface area contributed by atoms with Gasteiger partial charge >= 0.3 is 5.97 Å². The number of carbonyl (C=O) groups excluding carboxylic acids is 1. The minimum atomic E-state index is -0.523. The predicted octanol–water partition coefficient (Wildman–Crippen LogP) is 1.74. The molecule has 6 heteroatoms. The van der Waals surface area contributed by atoms with Gasteiger partial charge in [-0.2, -0.15) is 0 Å². The lowest BCUT2D eigenvalue weighted by Gasteiger charge is -2.29. The second-order valence-corrected chi connectivity index (χ2v) is 4.23. The van der Waals surface area contributed by atoms with Gasteiger partial charge in [0, 0.05) is 6.20 Å². The normalized spacial score (nSPS) is 16.8. The lowest BCUT2D eigenvalue weighted by molar-refractivity contribution is -0.346. The van der Waals surface area contributed by atoms with E-state index in [1.807, 2.05) is 0 Å². The number of hydrogen-bond acceptors (Lipinski definition) is 6. The number of aromatic nitrogens is 2. The maximum absolute atomic E-state index is 11.8. The molecule has 1 fully saturated rings. The molecular weight excluding hydrogens is 234 g/mol. The molecule has 0 aromatic carbocycles. The zero-order valence-corrected chi connectivity index (χ0v) is 10.4. The van der Waals surface area contributed by atoms with Gasteiger partial charge in [0.25, 0.3) is 0 Å². The van der Waals surface area contributed by atoms with Gasteiger partial charge in [-0.05, 0) is 24.1 Å². The van der Waals surface area contributed by atoms with Gasteiger partial charge in [-0.1, -0.05) is 19.3 Å². The van der Waals surface area contributed by atoms with Crippen LogP contribution in [0.3, 0.4) is 0 Å². The van der Waals surface area contributed by atoms with Gasteiger partial charge < -0.3 is 4.84 Å². The van der Waals surface area contributed by atoms with Crippen LogP contribution in [0.1, 0.15) is 42.6 Å². The number of nitrogens with zero attached hydrogens (tertiary/aromatic N) is 3. The Balaban J connectivity index is 1.95. The SMILES string of the molecule is CON(OC(=O)c1ccncn1)C1CCCCC1. The van der Waals surface area contributed by atoms with Crippen molar-refractivity contribution in [3.05, 3.63) is 24.3 Å². The Labute approximate surface area is 106 Å². The highest BCUT2D eigenvalue weighted by Crippen LogP contribution is 2.23. The van der Waals surface area contributed by atoms with Crippen LogP contribution in [-0.4, -0.2) is 34.3 Å². The van der Waals surface area contributed by atoms with E-state index >= 15 is 0 Å². The molecule has 98 valence electrons. The largest absolute Gasteiger partial charge is 0.377 e. The highest BCUT2D eigenvalue weighted by Gasteiger charge is 2.25. The van der Waals surface area contributed by atoms with Crippen molar-refractivity contribution in [2.45, 2.75) is 38.1 Å². The molecule has 1 aliphatic carbocycles. The predicted molar refractivity (Wildman–Crippen MR) is 63.2 cm³/mol. The summed E-state index contributed by atoms with van der Waals surface area (Å²) in [4.78, 5) is 29.8. The van der Waals surface area contributed by atoms with Crippen molar-refractivity contribution < 1.29 is 14.5 Å². The first kappa shape index (κ1) is 12.9. The summed E-state index contributed by atoms with van der Waals surface area (Å²) in [5.41, 5.74) is 0.225. The summed E-state index contributed by atoms with van der Waals surface area (Å²) in [7, 11) is 1.50. The number of rotatable bonds is 4. The molecule has 1 heterocycles. The first-order valence-electron chi connectivity index (χ1n) is 6.13. The van der Waals surface area contributed by atoms with Gasteiger partial charge in [-0.25, -0.2) is 14.8 Å².